The summed E-state index contributed by atoms with van der Waals surface area (Å²) in [6.07, 6.45) is 5.45. The Bertz CT molecular complexity index is 1500. The molecule has 39 heavy (non-hydrogen) atoms. The van der Waals surface area contributed by atoms with Crippen molar-refractivity contribution < 1.29 is 31.5 Å². The van der Waals surface area contributed by atoms with Crippen molar-refractivity contribution in [2.45, 2.75) is 63.3 Å². The number of rotatable bonds is 6. The molecule has 0 saturated carbocycles. The SMILES string of the molecule is CC(C)(C)S(=O)(=O)NC(=O)c1cnn2ccc(N3CCC[C@@H]3c3cc(F)ccc3OC3CCOCC3)c(F)c12. The van der Waals surface area contributed by atoms with Gasteiger partial charge in [-0.2, -0.15) is 5.10 Å². The Balaban J connectivity index is 1.50. The maximum Gasteiger partial charge on any atom is 0.268 e. The van der Waals surface area contributed by atoms with Gasteiger partial charge in [-0.15, -0.1) is 0 Å². The van der Waals surface area contributed by atoms with Crippen LogP contribution >= 0.6 is 0 Å². The molecule has 2 aliphatic heterocycles. The van der Waals surface area contributed by atoms with Crippen molar-refractivity contribution in [2.75, 3.05) is 24.7 Å². The molecule has 0 unspecified atom stereocenters. The quantitative estimate of drug-likeness (QED) is 0.476. The number of amides is 1. The van der Waals surface area contributed by atoms with Gasteiger partial charge in [0.2, 0.25) is 10.0 Å². The van der Waals surface area contributed by atoms with Crippen molar-refractivity contribution in [3.63, 3.8) is 0 Å². The van der Waals surface area contributed by atoms with Crippen LogP contribution in [0, 0.1) is 11.6 Å². The number of halogens is 2. The van der Waals surface area contributed by atoms with Crippen LogP contribution in [0.4, 0.5) is 14.5 Å². The van der Waals surface area contributed by atoms with E-state index in [1.807, 2.05) is 9.62 Å². The lowest BCUT2D eigenvalue weighted by Crippen LogP contribution is -2.42. The summed E-state index contributed by atoms with van der Waals surface area (Å²) in [4.78, 5) is 14.8. The normalized spacial score (nSPS) is 19.0. The Labute approximate surface area is 226 Å². The average molecular weight is 563 g/mol. The van der Waals surface area contributed by atoms with Gasteiger partial charge in [-0.25, -0.2) is 26.4 Å². The number of pyridine rings is 1. The van der Waals surface area contributed by atoms with E-state index in [2.05, 4.69) is 5.10 Å². The Morgan fingerprint density at radius 1 is 1.15 bits per heavy atom. The molecule has 0 radical (unpaired) electrons. The highest BCUT2D eigenvalue weighted by molar-refractivity contribution is 7.91. The third kappa shape index (κ3) is 5.31. The molecule has 2 saturated heterocycles. The first-order chi connectivity index (χ1) is 18.5. The molecule has 9 nitrogen and oxygen atoms in total. The largest absolute Gasteiger partial charge is 0.490 e. The molecule has 1 atom stereocenters. The lowest BCUT2D eigenvalue weighted by molar-refractivity contribution is 0.0250. The van der Waals surface area contributed by atoms with Crippen molar-refractivity contribution >= 4 is 27.1 Å². The summed E-state index contributed by atoms with van der Waals surface area (Å²) in [6.45, 7) is 6.06. The van der Waals surface area contributed by atoms with Crippen molar-refractivity contribution in [2.24, 2.45) is 0 Å². The van der Waals surface area contributed by atoms with E-state index in [-0.39, 0.29) is 28.9 Å². The van der Waals surface area contributed by atoms with Gasteiger partial charge >= 0.3 is 0 Å². The minimum Gasteiger partial charge on any atom is -0.490 e. The zero-order chi connectivity index (χ0) is 27.9. The summed E-state index contributed by atoms with van der Waals surface area (Å²) in [6, 6.07) is 5.59. The first-order valence-electron chi connectivity index (χ1n) is 13.0. The van der Waals surface area contributed by atoms with Gasteiger partial charge in [0, 0.05) is 31.1 Å². The van der Waals surface area contributed by atoms with Gasteiger partial charge in [-0.1, -0.05) is 0 Å². The van der Waals surface area contributed by atoms with Crippen molar-refractivity contribution in [1.29, 1.82) is 0 Å². The standard InChI is InChI=1S/C27H32F2N4O5S/c1-27(2,3)39(35,36)31-26(34)20-16-30-33-12-8-22(24(29)25(20)33)32-11-4-5-21(32)19-15-17(28)6-7-23(19)38-18-9-13-37-14-10-18/h6-8,12,15-16,18,21H,4-5,9-11,13-14H2,1-3H3,(H,31,34)/t21-/m1/s1. The van der Waals surface area contributed by atoms with Gasteiger partial charge in [0.05, 0.1) is 41.5 Å². The van der Waals surface area contributed by atoms with Gasteiger partial charge in [0.15, 0.2) is 5.82 Å². The fourth-order valence-electron chi connectivity index (χ4n) is 4.99. The maximum absolute atomic E-state index is 16.1. The molecule has 12 heteroatoms. The Morgan fingerprint density at radius 2 is 1.90 bits per heavy atom. The monoisotopic (exact) mass is 562 g/mol. The topological polar surface area (TPSA) is 102 Å². The molecule has 210 valence electrons. The summed E-state index contributed by atoms with van der Waals surface area (Å²) in [5, 5.41) is 4.05. The second-order valence-electron chi connectivity index (χ2n) is 10.9. The smallest absolute Gasteiger partial charge is 0.268 e. The lowest BCUT2D eigenvalue weighted by Gasteiger charge is -2.31. The lowest BCUT2D eigenvalue weighted by atomic mass is 10.0. The molecule has 2 aromatic heterocycles. The van der Waals surface area contributed by atoms with E-state index in [1.54, 1.807) is 12.1 Å². The summed E-state index contributed by atoms with van der Waals surface area (Å²) in [5.74, 6) is -1.55. The van der Waals surface area contributed by atoms with Crippen LogP contribution in [-0.2, 0) is 14.8 Å². The van der Waals surface area contributed by atoms with Gasteiger partial charge in [0.1, 0.15) is 23.2 Å². The molecule has 2 aliphatic rings. The number of ether oxygens (including phenoxy) is 2. The summed E-state index contributed by atoms with van der Waals surface area (Å²) in [5.41, 5.74) is 0.491. The Hall–Kier alpha value is -3.25. The number of anilines is 1. The average Bonchev–Trinajstić information content (AvgIpc) is 3.53. The molecule has 0 aliphatic carbocycles. The predicted molar refractivity (Wildman–Crippen MR) is 141 cm³/mol. The maximum atomic E-state index is 16.1. The molecule has 1 N–H and O–H groups in total. The summed E-state index contributed by atoms with van der Waals surface area (Å²) < 4.78 is 69.3. The predicted octanol–water partition coefficient (Wildman–Crippen LogP) is 4.37. The molecular formula is C27H32F2N4O5S. The first-order valence-corrected chi connectivity index (χ1v) is 14.5. The fourth-order valence-corrected chi connectivity index (χ4v) is 5.65. The van der Waals surface area contributed by atoms with Gasteiger partial charge in [0.25, 0.3) is 5.91 Å². The van der Waals surface area contributed by atoms with Gasteiger partial charge < -0.3 is 14.4 Å². The van der Waals surface area contributed by atoms with E-state index in [1.165, 1.54) is 43.6 Å². The number of aromatic nitrogens is 2. The van der Waals surface area contributed by atoms with Crippen LogP contribution in [0.2, 0.25) is 0 Å². The van der Waals surface area contributed by atoms with Gasteiger partial charge in [-0.05, 0) is 57.9 Å². The van der Waals surface area contributed by atoms with E-state index in [0.717, 1.165) is 25.5 Å². The Morgan fingerprint density at radius 3 is 2.62 bits per heavy atom. The Kier molecular flexibility index (Phi) is 7.27. The number of benzene rings is 1. The number of hydrogen-bond donors (Lipinski definition) is 1. The number of fused-ring (bicyclic) bond motifs is 1. The molecule has 5 rings (SSSR count). The molecule has 4 heterocycles. The van der Waals surface area contributed by atoms with Crippen LogP contribution in [0.5, 0.6) is 5.75 Å². The second kappa shape index (κ2) is 10.4. The summed E-state index contributed by atoms with van der Waals surface area (Å²) >= 11 is 0. The highest BCUT2D eigenvalue weighted by atomic mass is 32.2. The third-order valence-corrected chi connectivity index (χ3v) is 9.30. The number of nitrogens with zero attached hydrogens (tertiary/aromatic N) is 3. The van der Waals surface area contributed by atoms with E-state index in [4.69, 9.17) is 9.47 Å². The van der Waals surface area contributed by atoms with Crippen molar-refractivity contribution in [3.8, 4) is 5.75 Å². The van der Waals surface area contributed by atoms with E-state index in [9.17, 15) is 17.6 Å². The van der Waals surface area contributed by atoms with E-state index < -0.39 is 32.3 Å². The molecule has 0 spiro atoms. The molecule has 0 bridgehead atoms. The van der Waals surface area contributed by atoms with Crippen LogP contribution < -0.4 is 14.4 Å². The van der Waals surface area contributed by atoms with Crippen LogP contribution in [0.25, 0.3) is 5.52 Å². The molecular weight excluding hydrogens is 530 g/mol. The van der Waals surface area contributed by atoms with Crippen LogP contribution in [-0.4, -0.2) is 54.5 Å². The van der Waals surface area contributed by atoms with Crippen molar-refractivity contribution in [3.05, 3.63) is 59.4 Å². The molecule has 1 aromatic carbocycles. The van der Waals surface area contributed by atoms with E-state index >= 15 is 4.39 Å². The second-order valence-corrected chi connectivity index (χ2v) is 13.3. The van der Waals surface area contributed by atoms with Crippen LogP contribution in [0.1, 0.15) is 68.4 Å². The van der Waals surface area contributed by atoms with Crippen LogP contribution in [0.15, 0.2) is 36.7 Å². The number of nitrogens with one attached hydrogen (secondary N) is 1. The molecule has 1 amide bonds. The zero-order valence-electron chi connectivity index (χ0n) is 22.1. The van der Waals surface area contributed by atoms with E-state index in [0.29, 0.717) is 37.5 Å². The highest BCUT2D eigenvalue weighted by Crippen LogP contribution is 2.42. The number of carbonyl (C=O) groups excluding carboxylic acids is 1. The number of carbonyl (C=O) groups is 1. The third-order valence-electron chi connectivity index (χ3n) is 7.23. The van der Waals surface area contributed by atoms with Gasteiger partial charge in [-0.3, -0.25) is 4.79 Å². The fraction of sp³-hybridized carbons (Fsp3) is 0.481. The van der Waals surface area contributed by atoms with Crippen LogP contribution in [0.3, 0.4) is 0 Å². The number of sulfonamides is 1. The first kappa shape index (κ1) is 27.3. The highest BCUT2D eigenvalue weighted by Gasteiger charge is 2.35. The zero-order valence-corrected chi connectivity index (χ0v) is 22.9. The minimum absolute atomic E-state index is 0.0526. The molecule has 2 fully saturated rings. The number of hydrogen-bond acceptors (Lipinski definition) is 7. The molecule has 3 aromatic rings. The summed E-state index contributed by atoms with van der Waals surface area (Å²) in [7, 11) is -4.02. The van der Waals surface area contributed by atoms with Crippen molar-refractivity contribution in [1.82, 2.24) is 14.3 Å². The minimum atomic E-state index is -4.02.